The van der Waals surface area contributed by atoms with E-state index in [0.29, 0.717) is 68.0 Å². The molecule has 0 radical (unpaired) electrons. The molecule has 0 amide bonds. The van der Waals surface area contributed by atoms with Crippen LogP contribution in [-0.2, 0) is 61.3 Å². The molecule has 4 N–H and O–H groups in total. The van der Waals surface area contributed by atoms with Gasteiger partial charge in [0.05, 0.1) is 86.6 Å². The number of rotatable bonds is 34. The number of hydrogen-bond donors (Lipinski definition) is 4. The summed E-state index contributed by atoms with van der Waals surface area (Å²) in [6, 6.07) is 60.2. The first kappa shape index (κ1) is 142. The van der Waals surface area contributed by atoms with Crippen molar-refractivity contribution in [1.29, 1.82) is 0 Å². The van der Waals surface area contributed by atoms with E-state index in [2.05, 4.69) is 253 Å². The Balaban J connectivity index is -0.00000162. The first-order valence-corrected chi connectivity index (χ1v) is 54.7. The molecule has 150 heavy (non-hydrogen) atoms. The predicted octanol–water partition coefficient (Wildman–Crippen LogP) is 24.7. The molecular formula is C100H125BrCl2F6N9O25PS6. The van der Waals surface area contributed by atoms with Crippen LogP contribution in [0.1, 0.15) is 110 Å². The lowest BCUT2D eigenvalue weighted by Crippen LogP contribution is -2.31. The normalized spacial score (nSPS) is 10.2. The number of benzene rings is 10. The Kier molecular flexibility index (Phi) is 74.3. The molecule has 0 aliphatic carbocycles. The van der Waals surface area contributed by atoms with E-state index in [1.165, 1.54) is 117 Å². The van der Waals surface area contributed by atoms with Gasteiger partial charge < -0.3 is 39.6 Å². The van der Waals surface area contributed by atoms with E-state index < -0.39 is 115 Å². The summed E-state index contributed by atoms with van der Waals surface area (Å²) < 4.78 is 140. The van der Waals surface area contributed by atoms with Gasteiger partial charge in [0, 0.05) is 111 Å². The van der Waals surface area contributed by atoms with Crippen LogP contribution in [-0.4, -0.2) is 165 Å². The van der Waals surface area contributed by atoms with Crippen molar-refractivity contribution < 1.29 is 120 Å². The van der Waals surface area contributed by atoms with Gasteiger partial charge in [-0.1, -0.05) is 229 Å². The van der Waals surface area contributed by atoms with Gasteiger partial charge in [0.25, 0.3) is 14.7 Å². The second kappa shape index (κ2) is 78.3. The number of isocyanates is 1. The van der Waals surface area contributed by atoms with Gasteiger partial charge in [-0.2, -0.15) is 31.0 Å². The van der Waals surface area contributed by atoms with Crippen LogP contribution in [0.3, 0.4) is 0 Å². The minimum Gasteiger partial charge on any atom is -0.468 e. The number of carbonyl (C=O) groups excluding carboxylic acids is 5. The number of nitrogens with zero attached hydrogens (tertiary/aromatic N) is 8. The highest BCUT2D eigenvalue weighted by Gasteiger charge is 2.25. The highest BCUT2D eigenvalue weighted by molar-refractivity contribution is 9.09. The van der Waals surface area contributed by atoms with Crippen molar-refractivity contribution >= 4 is 209 Å². The second-order valence-electron chi connectivity index (χ2n) is 32.4. The van der Waals surface area contributed by atoms with E-state index >= 15 is 0 Å². The summed E-state index contributed by atoms with van der Waals surface area (Å²) in [5.41, 5.74) is 6.02. The largest absolute Gasteiger partial charge is 0.468 e. The summed E-state index contributed by atoms with van der Waals surface area (Å²) in [5.74, 6) is -2.29. The van der Waals surface area contributed by atoms with Crippen molar-refractivity contribution in [2.45, 2.75) is 134 Å². The summed E-state index contributed by atoms with van der Waals surface area (Å²) in [7, 11) is 6.58. The topological polar surface area (TPSA) is 492 Å². The Labute approximate surface area is 906 Å². The summed E-state index contributed by atoms with van der Waals surface area (Å²) in [5, 5.41) is 63.8. The van der Waals surface area contributed by atoms with Gasteiger partial charge in [-0.3, -0.25) is 74.3 Å². The number of hydrogen-bond acceptors (Lipinski definition) is 32. The number of thioether (sulfide) groups is 3. The third-order valence-corrected chi connectivity index (χ3v) is 25.1. The van der Waals surface area contributed by atoms with Crippen LogP contribution in [0.5, 0.6) is 0 Å². The number of carbonyl (C=O) groups is 4. The van der Waals surface area contributed by atoms with E-state index in [-0.39, 0.29) is 58.5 Å². The Morgan fingerprint density at radius 3 is 1.07 bits per heavy atom. The van der Waals surface area contributed by atoms with Crippen LogP contribution in [0.25, 0.3) is 0 Å². The number of halogens is 9. The zero-order valence-electron chi connectivity index (χ0n) is 84.4. The summed E-state index contributed by atoms with van der Waals surface area (Å²) in [6.07, 6.45) is 5.37. The molecule has 34 nitrogen and oxygen atoms in total. The Bertz CT molecular complexity index is 5970. The summed E-state index contributed by atoms with van der Waals surface area (Å²) >= 11 is 10.5. The Morgan fingerprint density at radius 1 is 0.440 bits per heavy atom. The highest BCUT2D eigenvalue weighted by atomic mass is 79.9. The summed E-state index contributed by atoms with van der Waals surface area (Å²) in [6.45, 7) is 29.9. The number of nitrogens with two attached hydrogens (primary N) is 1. The van der Waals surface area contributed by atoms with Gasteiger partial charge in [0.15, 0.2) is 5.82 Å². The molecule has 10 aromatic rings. The van der Waals surface area contributed by atoms with Crippen molar-refractivity contribution in [1.82, 2.24) is 0 Å². The molecule has 10 rings (SSSR count). The minimum atomic E-state index is -4.19. The zero-order valence-corrected chi connectivity index (χ0v) is 93.3. The number of aliphatic hydroxyl groups excluding tert-OH is 1. The number of methoxy groups -OCH3 is 4. The molecule has 0 unspecified atom stereocenters. The van der Waals surface area contributed by atoms with Gasteiger partial charge in [0.2, 0.25) is 29.3 Å². The number of aliphatic hydroxyl groups is 1. The average Bonchev–Trinajstić information content (AvgIpc) is 0.839. The first-order chi connectivity index (χ1) is 69.9. The molecule has 0 aliphatic heterocycles. The molecule has 0 heterocycles. The number of anilines is 3. The van der Waals surface area contributed by atoms with Crippen molar-refractivity contribution in [3.63, 3.8) is 0 Å². The number of thiol groups is 1. The fourth-order valence-electron chi connectivity index (χ4n) is 11.4. The number of para-hydroxylation sites is 1. The molecule has 50 heteroatoms. The highest BCUT2D eigenvalue weighted by Crippen LogP contribution is 2.37. The second-order valence-corrected chi connectivity index (χ2v) is 43.4. The number of nitro benzene ring substituents is 5. The van der Waals surface area contributed by atoms with E-state index in [4.69, 9.17) is 34.5 Å². The Hall–Kier alpha value is -11.9. The lowest BCUT2D eigenvalue weighted by atomic mass is 10.0. The SMILES string of the molecule is C.CC(C)CCCC(C)C.CO.COC(=O)CBr.COC(=O)CSc1ccc(F)c([N+](=O)[O-])c1.COC(=O)CSc1ccc(N(CC(C)C)CC(C)C)c(N)c1.COC(=O)CSc1ccc(N(CC(C)C)CC(C)C)c([N+](=O)[O-])c1.O=C=Nc1ccc(F)cc1F.O=S(=O)(O)Cl.O=[N+]([O-])c1cc(S(=O)(=O)Cl)ccc1F.O=[N+]([O-])c1cc(S)ccc1F.O=[N+]([O-])c1ccccc1F.c1ccc(P(c2ccccc2)c2ccccc2)cc1. The smallest absolute Gasteiger partial charge is 0.353 e. The van der Waals surface area contributed by atoms with E-state index in [0.717, 1.165) is 134 Å². The number of nitrogen functional groups attached to an aromatic ring is 1. The molecule has 0 aromatic heterocycles. The van der Waals surface area contributed by atoms with Crippen LogP contribution in [0, 0.1) is 121 Å². The maximum atomic E-state index is 12.9. The fourth-order valence-corrected chi connectivity index (χ4v) is 17.2. The van der Waals surface area contributed by atoms with Gasteiger partial charge in [-0.25, -0.2) is 22.0 Å². The quantitative estimate of drug-likeness (QED) is 0.00231. The zero-order chi connectivity index (χ0) is 114. The van der Waals surface area contributed by atoms with E-state index in [1.807, 2.05) is 18.2 Å². The van der Waals surface area contributed by atoms with E-state index in [1.54, 1.807) is 6.07 Å². The molecule has 0 atom stereocenters. The van der Waals surface area contributed by atoms with Gasteiger partial charge in [-0.15, -0.1) is 47.9 Å². The maximum Gasteiger partial charge on any atom is 0.353 e. The number of esters is 4. The molecule has 0 saturated carbocycles. The molecule has 0 fully saturated rings. The van der Waals surface area contributed by atoms with Crippen molar-refractivity contribution in [2.24, 2.45) is 40.5 Å². The number of nitro groups is 5. The van der Waals surface area contributed by atoms with Crippen LogP contribution in [0.2, 0.25) is 0 Å². The van der Waals surface area contributed by atoms with Crippen molar-refractivity contribution in [2.75, 3.05) is 99.9 Å². The van der Waals surface area contributed by atoms with Gasteiger partial charge >= 0.3 is 56.0 Å². The average molecular weight is 2340 g/mol. The van der Waals surface area contributed by atoms with Gasteiger partial charge in [-0.05, 0) is 144 Å². The lowest BCUT2D eigenvalue weighted by molar-refractivity contribution is -0.387. The van der Waals surface area contributed by atoms with Crippen LogP contribution < -0.4 is 31.4 Å². The first-order valence-electron chi connectivity index (χ1n) is 44.2. The minimum absolute atomic E-state index is 0. The third-order valence-electron chi connectivity index (χ3n) is 17.6. The Morgan fingerprint density at radius 2 is 0.760 bits per heavy atom. The van der Waals surface area contributed by atoms with Crippen molar-refractivity contribution in [3.05, 3.63) is 310 Å². The third kappa shape index (κ3) is 64.0. The monoisotopic (exact) mass is 2340 g/mol. The van der Waals surface area contributed by atoms with Crippen LogP contribution >= 0.6 is 93.1 Å². The van der Waals surface area contributed by atoms with Crippen LogP contribution in [0.15, 0.2) is 254 Å². The van der Waals surface area contributed by atoms with E-state index in [9.17, 15) is 109 Å². The molecule has 824 valence electrons. The molecule has 0 spiro atoms. The fraction of sp³-hybridized carbons (Fsp3) is 0.350. The summed E-state index contributed by atoms with van der Waals surface area (Å²) in [4.78, 5) is 111. The molecule has 10 aromatic carbocycles. The molecule has 0 saturated heterocycles. The van der Waals surface area contributed by atoms with Crippen molar-refractivity contribution in [3.8, 4) is 0 Å². The standard InChI is InChI=1S/C18H15P.C17H26N2O4S.C17H28N2O2S.C9H8FNO4S.C9H20.C7H3F2NO.C6H3ClFNO4S.C6H4FNO2S.C6H4FNO2.C3H5BrO2.CH4O.CH4.ClHO3S/c1-4-10-16(11-5-1)19(17-12-6-2-7-13-17)18-14-8-3-9-15-18;1-12(2)9-18(10-13(3)4)15-7-6-14(8-16(15)19(21)22)24-11-17(20)23-5;1-12(2)9-19(10-13(3)4)16-7-6-14(8-15(16)18)22-11-17(20)21-5;1-15-9(12)5-16-6-2-3-7(10)8(4-6)11(13)14;1-8(2)6-5-7-9(3)4;8-5-1-2-7(10-4-11)6(9)3-5;7-14(12,13)4-1-2-5(8)6(3-4)9(10)11;7-5-2-1-4(11)3-6(5)8(9)10;7-5-3-1-2-4-6(5)8(9)10;1-6-3(5)2-4;1-2;;1-5(2,3)4/h1-15H;6-8,12-13H,9-11H2,1-5H3;6-8,12-13H,9-11,18H2,1-5H3;2-4H,5H2,1H3;8-9H,5-7H2,1-4H3;1-3H;1-3H;1-3,11H;1-4H;2H2,1H3;2H,1H3;1H4;(H,2,3,4). The predicted molar refractivity (Wildman–Crippen MR) is 589 cm³/mol. The molecule has 0 aliphatic rings. The number of aliphatic imine (C=N–C) groups is 1. The lowest BCUT2D eigenvalue weighted by Gasteiger charge is -2.29. The maximum absolute atomic E-state index is 12.9. The molecular weight excluding hydrogens is 2220 g/mol. The molecule has 0 bridgehead atoms. The van der Waals surface area contributed by atoms with Gasteiger partial charge in [0.1, 0.15) is 22.5 Å². The van der Waals surface area contributed by atoms with Crippen LogP contribution in [0.4, 0.5) is 77.5 Å². The number of alkyl halides is 1. The number of ether oxygens (including phenoxy) is 4.